The summed E-state index contributed by atoms with van der Waals surface area (Å²) in [6.07, 6.45) is 0. The number of hydrogen-bond donors (Lipinski definition) is 3. The monoisotopic (exact) mass is 178 g/mol. The van der Waals surface area contributed by atoms with Crippen LogP contribution in [-0.2, 0) is 10.3 Å². The van der Waals surface area contributed by atoms with Crippen molar-refractivity contribution in [1.29, 1.82) is 5.41 Å². The van der Waals surface area contributed by atoms with Gasteiger partial charge in [-0.25, -0.2) is 0 Å². The Kier molecular flexibility index (Phi) is 5.25. The van der Waals surface area contributed by atoms with Gasteiger partial charge in [-0.3, -0.25) is 15.2 Å². The first-order valence-electron chi connectivity index (χ1n) is 1.58. The minimum Gasteiger partial charge on any atom is -0.844 e. The molecular weight excluding hydrogens is 175 g/mol. The third kappa shape index (κ3) is 4.04. The van der Waals surface area contributed by atoms with E-state index in [1.165, 1.54) is 0 Å². The molecule has 0 saturated heterocycles. The summed E-state index contributed by atoms with van der Waals surface area (Å²) in [6.45, 7) is 0. The molecule has 0 aromatic rings. The van der Waals surface area contributed by atoms with Gasteiger partial charge in [0.15, 0.2) is 0 Å². The largest absolute Gasteiger partial charge is 1.00 e. The number of amidine groups is 1. The van der Waals surface area contributed by atoms with E-state index >= 15 is 0 Å². The van der Waals surface area contributed by atoms with Crippen molar-refractivity contribution >= 4 is 16.3 Å². The van der Waals surface area contributed by atoms with E-state index in [0.717, 1.165) is 0 Å². The van der Waals surface area contributed by atoms with Crippen molar-refractivity contribution in [2.45, 2.75) is 0 Å². The van der Waals surface area contributed by atoms with Crippen LogP contribution in [0.15, 0.2) is 0 Å². The molecule has 0 spiro atoms. The molecule has 0 aromatic carbocycles. The van der Waals surface area contributed by atoms with E-state index in [-0.39, 0.29) is 29.6 Å². The van der Waals surface area contributed by atoms with Crippen LogP contribution in [-0.4, -0.2) is 28.7 Å². The summed E-state index contributed by atoms with van der Waals surface area (Å²) in [4.78, 5) is 0. The van der Waals surface area contributed by atoms with Gasteiger partial charge in [-0.1, -0.05) is 0 Å². The van der Waals surface area contributed by atoms with Gasteiger partial charge >= 0.3 is 39.9 Å². The fourth-order valence-corrected chi connectivity index (χ4v) is 0.314. The smallest absolute Gasteiger partial charge is 0.844 e. The molecule has 0 radical (unpaired) electrons. The third-order valence-electron chi connectivity index (χ3n) is 0.392. The molecule has 0 saturated carbocycles. The summed E-state index contributed by atoms with van der Waals surface area (Å²) in [5, 5.41) is 23.5. The van der Waals surface area contributed by atoms with E-state index in [1.807, 2.05) is 0 Å². The van der Waals surface area contributed by atoms with Gasteiger partial charge in [0.05, 0.1) is 6.02 Å². The van der Waals surface area contributed by atoms with Gasteiger partial charge in [0.1, 0.15) is 0 Å². The van der Waals surface area contributed by atoms with Gasteiger partial charge in [0.25, 0.3) is 0 Å². The molecular formula is CH3N2NaO5S. The predicted octanol–water partition coefficient (Wildman–Crippen LogP) is -5.22. The summed E-state index contributed by atoms with van der Waals surface area (Å²) in [7, 11) is -4.95. The van der Waals surface area contributed by atoms with Gasteiger partial charge in [-0.2, -0.15) is 8.42 Å². The zero-order valence-corrected chi connectivity index (χ0v) is 7.79. The van der Waals surface area contributed by atoms with Gasteiger partial charge in [0.2, 0.25) is 0 Å². The molecule has 0 aliphatic rings. The van der Waals surface area contributed by atoms with Crippen molar-refractivity contribution < 1.29 is 52.8 Å². The van der Waals surface area contributed by atoms with E-state index < -0.39 is 20.8 Å². The molecule has 54 valence electrons. The van der Waals surface area contributed by atoms with Gasteiger partial charge in [0, 0.05) is 0 Å². The van der Waals surface area contributed by atoms with Gasteiger partial charge in [-0.05, 0) is 0 Å². The van der Waals surface area contributed by atoms with E-state index in [0.29, 0.717) is 0 Å². The number of hydrogen-bond acceptors (Lipinski definition) is 5. The maximum atomic E-state index is 9.66. The number of rotatable bonds is 1. The second-order valence-corrected chi connectivity index (χ2v) is 2.27. The van der Waals surface area contributed by atoms with Crippen molar-refractivity contribution in [2.75, 3.05) is 0 Å². The van der Waals surface area contributed by atoms with Crippen LogP contribution in [0.3, 0.4) is 0 Å². The first-order chi connectivity index (χ1) is 3.85. The average Bonchev–Trinajstić information content (AvgIpc) is 1.62. The van der Waals surface area contributed by atoms with E-state index in [4.69, 9.17) is 15.2 Å². The minimum atomic E-state index is -4.95. The Labute approximate surface area is 78.9 Å². The van der Waals surface area contributed by atoms with Crippen LogP contribution in [0, 0.1) is 5.41 Å². The first-order valence-corrected chi connectivity index (χ1v) is 2.97. The van der Waals surface area contributed by atoms with Crippen molar-refractivity contribution in [3.63, 3.8) is 0 Å². The van der Waals surface area contributed by atoms with Crippen LogP contribution in [0.4, 0.5) is 0 Å². The molecule has 0 aliphatic carbocycles. The van der Waals surface area contributed by atoms with Crippen LogP contribution < -0.4 is 34.7 Å². The third-order valence-corrected chi connectivity index (χ3v) is 0.995. The Morgan fingerprint density at radius 3 is 1.90 bits per heavy atom. The summed E-state index contributed by atoms with van der Waals surface area (Å²) in [6, 6.07) is -1.92. The molecule has 0 aromatic heterocycles. The van der Waals surface area contributed by atoms with E-state index in [9.17, 15) is 13.5 Å². The molecule has 0 bridgehead atoms. The zero-order valence-electron chi connectivity index (χ0n) is 4.97. The molecule has 0 fully saturated rings. The Hall–Kier alpha value is 0.140. The molecule has 10 heavy (non-hydrogen) atoms. The van der Waals surface area contributed by atoms with Crippen LogP contribution >= 0.6 is 0 Å². The summed E-state index contributed by atoms with van der Waals surface area (Å²) in [5.41, 5.74) is 0. The van der Waals surface area contributed by atoms with Crippen molar-refractivity contribution in [1.82, 2.24) is 4.47 Å². The Morgan fingerprint density at radius 1 is 1.60 bits per heavy atom. The number of nitrogens with zero attached hydrogens (tertiary/aromatic N) is 1. The predicted molar refractivity (Wildman–Crippen MR) is 22.9 cm³/mol. The molecule has 0 rings (SSSR count). The SMILES string of the molecule is N=C([O-])N(O)S(=O)(=O)O.[Na+]. The number of nitrogens with one attached hydrogen (secondary N) is 1. The summed E-state index contributed by atoms with van der Waals surface area (Å²) >= 11 is 0. The van der Waals surface area contributed by atoms with Crippen LogP contribution in [0.2, 0.25) is 0 Å². The molecule has 0 aliphatic heterocycles. The normalized spacial score (nSPS) is 9.80. The zero-order chi connectivity index (χ0) is 7.65. The summed E-state index contributed by atoms with van der Waals surface area (Å²) < 4.78 is 26.0. The minimum absolute atomic E-state index is 0. The van der Waals surface area contributed by atoms with Crippen LogP contribution in [0.5, 0.6) is 0 Å². The van der Waals surface area contributed by atoms with Gasteiger partial charge < -0.3 is 5.11 Å². The Morgan fingerprint density at radius 2 is 1.90 bits per heavy atom. The fourth-order valence-electron chi connectivity index (χ4n) is 0.105. The molecule has 0 atom stereocenters. The van der Waals surface area contributed by atoms with Crippen molar-refractivity contribution in [3.8, 4) is 0 Å². The van der Waals surface area contributed by atoms with Crippen LogP contribution in [0.25, 0.3) is 0 Å². The number of hydroxylamine groups is 1. The second-order valence-electron chi connectivity index (χ2n) is 1.03. The molecule has 7 nitrogen and oxygen atoms in total. The molecule has 0 unspecified atom stereocenters. The maximum absolute atomic E-state index is 9.66. The van der Waals surface area contributed by atoms with Crippen LogP contribution in [0.1, 0.15) is 0 Å². The van der Waals surface area contributed by atoms with Gasteiger partial charge in [-0.15, -0.1) is 4.47 Å². The van der Waals surface area contributed by atoms with Crippen molar-refractivity contribution in [2.24, 2.45) is 0 Å². The van der Waals surface area contributed by atoms with E-state index in [1.54, 1.807) is 0 Å². The standard InChI is InChI=1S/CH4N2O5S.Na/c2-1(4)3(5)9(6,7)8;/h5H,(H2,2,4)(H,6,7,8);/q;+1/p-1. The Balaban J connectivity index is 0. The Bertz CT molecular complexity index is 210. The quantitative estimate of drug-likeness (QED) is 0.122. The topological polar surface area (TPSA) is 125 Å². The summed E-state index contributed by atoms with van der Waals surface area (Å²) in [5.74, 6) is 0. The fraction of sp³-hybridized carbons (Fsp3) is 0. The average molecular weight is 178 g/mol. The second kappa shape index (κ2) is 4.11. The van der Waals surface area contributed by atoms with E-state index in [2.05, 4.69) is 0 Å². The maximum Gasteiger partial charge on any atom is 1.00 e. The molecule has 0 heterocycles. The molecule has 3 N–H and O–H groups in total. The van der Waals surface area contributed by atoms with Crippen molar-refractivity contribution in [3.05, 3.63) is 0 Å². The first kappa shape index (κ1) is 12.8. The molecule has 0 amide bonds. The molecule has 9 heteroatoms.